The molecule has 0 aliphatic rings. The number of hydrogen-bond acceptors (Lipinski definition) is 3. The summed E-state index contributed by atoms with van der Waals surface area (Å²) in [7, 11) is 0. The minimum absolute atomic E-state index is 0.551. The Morgan fingerprint density at radius 1 is 1.25 bits per heavy atom. The van der Waals surface area contributed by atoms with E-state index in [0.717, 1.165) is 24.3 Å². The standard InChI is InChI=1S/C17H26N2S/c1-5-11-19-17(12-18,13-20-15(4)14(2)3)16-9-7-6-8-10-16/h6-10,14-15,19H,5,11,13H2,1-4H3. The minimum Gasteiger partial charge on any atom is -0.295 e. The number of nitrogens with zero attached hydrogens (tertiary/aromatic N) is 1. The van der Waals surface area contributed by atoms with Gasteiger partial charge in [0, 0.05) is 11.0 Å². The Kier molecular flexibility index (Phi) is 7.12. The Morgan fingerprint density at radius 2 is 1.90 bits per heavy atom. The predicted octanol–water partition coefficient (Wildman–Crippen LogP) is 4.18. The molecule has 2 unspecified atom stereocenters. The highest BCUT2D eigenvalue weighted by Crippen LogP contribution is 2.29. The summed E-state index contributed by atoms with van der Waals surface area (Å²) in [5.41, 5.74) is 0.491. The zero-order chi connectivity index (χ0) is 15.0. The molecule has 0 bridgehead atoms. The largest absolute Gasteiger partial charge is 0.295 e. The summed E-state index contributed by atoms with van der Waals surface area (Å²) in [4.78, 5) is 0. The second-order valence-corrected chi connectivity index (χ2v) is 6.94. The van der Waals surface area contributed by atoms with Gasteiger partial charge in [0.25, 0.3) is 0 Å². The van der Waals surface area contributed by atoms with Crippen molar-refractivity contribution in [1.29, 1.82) is 5.26 Å². The van der Waals surface area contributed by atoms with Crippen LogP contribution in [0.3, 0.4) is 0 Å². The Balaban J connectivity index is 2.92. The first-order chi connectivity index (χ1) is 9.55. The van der Waals surface area contributed by atoms with E-state index in [1.54, 1.807) is 0 Å². The molecule has 2 atom stereocenters. The van der Waals surface area contributed by atoms with Crippen molar-refractivity contribution in [2.75, 3.05) is 12.3 Å². The topological polar surface area (TPSA) is 35.8 Å². The zero-order valence-electron chi connectivity index (χ0n) is 13.0. The molecule has 0 fully saturated rings. The van der Waals surface area contributed by atoms with Crippen LogP contribution in [0.5, 0.6) is 0 Å². The van der Waals surface area contributed by atoms with Crippen molar-refractivity contribution in [1.82, 2.24) is 5.32 Å². The van der Waals surface area contributed by atoms with Gasteiger partial charge in [-0.25, -0.2) is 0 Å². The highest BCUT2D eigenvalue weighted by molar-refractivity contribution is 7.99. The van der Waals surface area contributed by atoms with Crippen LogP contribution in [0.25, 0.3) is 0 Å². The van der Waals surface area contributed by atoms with Crippen LogP contribution in [0, 0.1) is 17.2 Å². The van der Waals surface area contributed by atoms with E-state index in [-0.39, 0.29) is 0 Å². The summed E-state index contributed by atoms with van der Waals surface area (Å²) in [6.07, 6.45) is 1.03. The van der Waals surface area contributed by atoms with E-state index in [1.807, 2.05) is 42.1 Å². The monoisotopic (exact) mass is 290 g/mol. The van der Waals surface area contributed by atoms with Gasteiger partial charge in [-0.1, -0.05) is 58.0 Å². The molecule has 110 valence electrons. The highest BCUT2D eigenvalue weighted by Gasteiger charge is 2.32. The molecule has 1 rings (SSSR count). The van der Waals surface area contributed by atoms with Crippen LogP contribution in [-0.4, -0.2) is 17.5 Å². The van der Waals surface area contributed by atoms with Gasteiger partial charge in [-0.2, -0.15) is 17.0 Å². The lowest BCUT2D eigenvalue weighted by Crippen LogP contribution is -2.44. The maximum atomic E-state index is 9.78. The Labute approximate surface area is 128 Å². The Bertz CT molecular complexity index is 424. The number of nitriles is 1. The third kappa shape index (κ3) is 4.54. The molecule has 0 radical (unpaired) electrons. The van der Waals surface area contributed by atoms with Crippen LogP contribution in [0.4, 0.5) is 0 Å². The quantitative estimate of drug-likeness (QED) is 0.780. The number of rotatable bonds is 8. The lowest BCUT2D eigenvalue weighted by atomic mass is 9.93. The molecule has 1 aromatic rings. The first kappa shape index (κ1) is 17.1. The van der Waals surface area contributed by atoms with Gasteiger partial charge in [-0.3, -0.25) is 5.32 Å². The maximum Gasteiger partial charge on any atom is 0.141 e. The van der Waals surface area contributed by atoms with Gasteiger partial charge in [0.05, 0.1) is 6.07 Å². The third-order valence-electron chi connectivity index (χ3n) is 3.64. The molecule has 0 heterocycles. The minimum atomic E-state index is -0.578. The van der Waals surface area contributed by atoms with Crippen molar-refractivity contribution >= 4 is 11.8 Å². The molecule has 2 nitrogen and oxygen atoms in total. The van der Waals surface area contributed by atoms with E-state index < -0.39 is 5.54 Å². The van der Waals surface area contributed by atoms with E-state index in [4.69, 9.17) is 0 Å². The van der Waals surface area contributed by atoms with Crippen LogP contribution < -0.4 is 5.32 Å². The lowest BCUT2D eigenvalue weighted by Gasteiger charge is -2.30. The van der Waals surface area contributed by atoms with E-state index in [1.165, 1.54) is 0 Å². The normalized spacial score (nSPS) is 15.6. The van der Waals surface area contributed by atoms with Crippen molar-refractivity contribution in [3.05, 3.63) is 35.9 Å². The number of hydrogen-bond donors (Lipinski definition) is 1. The molecule has 20 heavy (non-hydrogen) atoms. The second-order valence-electron chi connectivity index (χ2n) is 5.57. The predicted molar refractivity (Wildman–Crippen MR) is 88.8 cm³/mol. The molecule has 0 saturated carbocycles. The van der Waals surface area contributed by atoms with Crippen molar-refractivity contribution in [2.45, 2.75) is 44.9 Å². The molecule has 0 aliphatic heterocycles. The molecule has 0 saturated heterocycles. The van der Waals surface area contributed by atoms with Crippen molar-refractivity contribution in [3.63, 3.8) is 0 Å². The van der Waals surface area contributed by atoms with Gasteiger partial charge in [0.1, 0.15) is 5.54 Å². The third-order valence-corrected chi connectivity index (χ3v) is 5.31. The van der Waals surface area contributed by atoms with Gasteiger partial charge >= 0.3 is 0 Å². The maximum absolute atomic E-state index is 9.78. The summed E-state index contributed by atoms with van der Waals surface area (Å²) >= 11 is 1.88. The molecule has 1 aromatic carbocycles. The van der Waals surface area contributed by atoms with E-state index >= 15 is 0 Å². The average Bonchev–Trinajstić information content (AvgIpc) is 2.48. The van der Waals surface area contributed by atoms with Crippen LogP contribution in [0.2, 0.25) is 0 Å². The van der Waals surface area contributed by atoms with Crippen LogP contribution in [-0.2, 0) is 5.54 Å². The lowest BCUT2D eigenvalue weighted by molar-refractivity contribution is 0.472. The van der Waals surface area contributed by atoms with Gasteiger partial charge < -0.3 is 0 Å². The average molecular weight is 290 g/mol. The first-order valence-electron chi connectivity index (χ1n) is 7.39. The van der Waals surface area contributed by atoms with E-state index in [2.05, 4.69) is 39.1 Å². The number of nitrogens with one attached hydrogen (secondary N) is 1. The number of thioether (sulfide) groups is 1. The van der Waals surface area contributed by atoms with Crippen molar-refractivity contribution < 1.29 is 0 Å². The molecule has 3 heteroatoms. The molecule has 0 aromatic heterocycles. The smallest absolute Gasteiger partial charge is 0.141 e. The molecule has 1 N–H and O–H groups in total. The molecule has 0 amide bonds. The Morgan fingerprint density at radius 3 is 2.40 bits per heavy atom. The van der Waals surface area contributed by atoms with E-state index in [0.29, 0.717) is 11.2 Å². The van der Waals surface area contributed by atoms with Gasteiger partial charge in [0.15, 0.2) is 0 Å². The van der Waals surface area contributed by atoms with Crippen molar-refractivity contribution in [3.8, 4) is 6.07 Å². The molecule has 0 spiro atoms. The zero-order valence-corrected chi connectivity index (χ0v) is 13.8. The summed E-state index contributed by atoms with van der Waals surface area (Å²) in [5, 5.41) is 13.8. The van der Waals surface area contributed by atoms with Gasteiger partial charge in [-0.05, 0) is 24.4 Å². The molecular formula is C17H26N2S. The van der Waals surface area contributed by atoms with Crippen LogP contribution in [0.15, 0.2) is 30.3 Å². The fourth-order valence-corrected chi connectivity index (χ4v) is 3.11. The molecule has 0 aliphatic carbocycles. The SMILES string of the molecule is CCCNC(C#N)(CSC(C)C(C)C)c1ccccc1. The summed E-state index contributed by atoms with van der Waals surface area (Å²) in [6, 6.07) is 12.6. The highest BCUT2D eigenvalue weighted by atomic mass is 32.2. The van der Waals surface area contributed by atoms with E-state index in [9.17, 15) is 5.26 Å². The number of benzene rings is 1. The molecular weight excluding hydrogens is 264 g/mol. The van der Waals surface area contributed by atoms with Crippen molar-refractivity contribution in [2.24, 2.45) is 5.92 Å². The second kappa shape index (κ2) is 8.34. The fraction of sp³-hybridized carbons (Fsp3) is 0.588. The van der Waals surface area contributed by atoms with Crippen LogP contribution >= 0.6 is 11.8 Å². The Hall–Kier alpha value is -0.980. The van der Waals surface area contributed by atoms with Gasteiger partial charge in [-0.15, -0.1) is 0 Å². The first-order valence-corrected chi connectivity index (χ1v) is 8.44. The fourth-order valence-electron chi connectivity index (χ4n) is 1.88. The summed E-state index contributed by atoms with van der Waals surface area (Å²) < 4.78 is 0. The summed E-state index contributed by atoms with van der Waals surface area (Å²) in [6.45, 7) is 9.69. The summed E-state index contributed by atoms with van der Waals surface area (Å²) in [5.74, 6) is 1.41. The van der Waals surface area contributed by atoms with Crippen LogP contribution in [0.1, 0.15) is 39.7 Å². The van der Waals surface area contributed by atoms with Gasteiger partial charge in [0.2, 0.25) is 0 Å².